The van der Waals surface area contributed by atoms with Crippen molar-refractivity contribution in [2.45, 2.75) is 0 Å². The van der Waals surface area contributed by atoms with E-state index in [0.29, 0.717) is 9.60 Å². The van der Waals surface area contributed by atoms with E-state index >= 15 is 0 Å². The number of hydrogen-bond acceptors (Lipinski definition) is 5. The molecule has 0 bridgehead atoms. The highest BCUT2D eigenvalue weighted by Gasteiger charge is 2.04. The molecule has 2 aromatic carbocycles. The van der Waals surface area contributed by atoms with Gasteiger partial charge in [-0.3, -0.25) is 5.43 Å². The van der Waals surface area contributed by atoms with Gasteiger partial charge >= 0.3 is 0 Å². The number of nitrogens with one attached hydrogen (secondary N) is 1. The maximum Gasteiger partial charge on any atom is 0.203 e. The van der Waals surface area contributed by atoms with Crippen molar-refractivity contribution in [1.29, 1.82) is 0 Å². The van der Waals surface area contributed by atoms with Crippen LogP contribution in [0.1, 0.15) is 5.56 Å². The standard InChI is InChI=1S/C16H11BrFN3OS/c17-13-7-10(1-6-15(13)22)8-19-21-16-20-14(9-23-16)11-2-4-12(18)5-3-11/h1-9,22H,(H,20,21)/b19-8-. The maximum absolute atomic E-state index is 12.9. The zero-order chi connectivity index (χ0) is 16.2. The molecule has 0 saturated heterocycles. The smallest absolute Gasteiger partial charge is 0.203 e. The van der Waals surface area contributed by atoms with Crippen molar-refractivity contribution in [3.8, 4) is 17.0 Å². The predicted molar refractivity (Wildman–Crippen MR) is 94.5 cm³/mol. The van der Waals surface area contributed by atoms with Gasteiger partial charge in [0.15, 0.2) is 0 Å². The lowest BCUT2D eigenvalue weighted by atomic mass is 10.2. The number of phenolic OH excluding ortho intramolecular Hbond substituents is 1. The molecule has 1 heterocycles. The van der Waals surface area contributed by atoms with E-state index in [2.05, 4.69) is 31.4 Å². The zero-order valence-corrected chi connectivity index (χ0v) is 14.1. The summed E-state index contributed by atoms with van der Waals surface area (Å²) in [6.45, 7) is 0. The van der Waals surface area contributed by atoms with Crippen LogP contribution < -0.4 is 5.43 Å². The van der Waals surface area contributed by atoms with Crippen LogP contribution in [0.3, 0.4) is 0 Å². The van der Waals surface area contributed by atoms with Gasteiger partial charge in [0.1, 0.15) is 11.6 Å². The molecule has 116 valence electrons. The van der Waals surface area contributed by atoms with E-state index in [1.54, 1.807) is 36.5 Å². The van der Waals surface area contributed by atoms with E-state index in [0.717, 1.165) is 16.8 Å². The maximum atomic E-state index is 12.9. The summed E-state index contributed by atoms with van der Waals surface area (Å²) < 4.78 is 13.5. The van der Waals surface area contributed by atoms with Crippen molar-refractivity contribution in [2.24, 2.45) is 5.10 Å². The van der Waals surface area contributed by atoms with Gasteiger partial charge in [0.2, 0.25) is 5.13 Å². The van der Waals surface area contributed by atoms with Gasteiger partial charge in [-0.15, -0.1) is 11.3 Å². The molecule has 1 aromatic heterocycles. The number of nitrogens with zero attached hydrogens (tertiary/aromatic N) is 2. The van der Waals surface area contributed by atoms with Crippen LogP contribution in [-0.2, 0) is 0 Å². The lowest BCUT2D eigenvalue weighted by Crippen LogP contribution is -1.90. The SMILES string of the molecule is Oc1ccc(/C=N\Nc2nc(-c3ccc(F)cc3)cs2)cc1Br. The fourth-order valence-corrected chi connectivity index (χ4v) is 2.91. The van der Waals surface area contributed by atoms with Crippen LogP contribution in [-0.4, -0.2) is 16.3 Å². The number of thiazole rings is 1. The first-order valence-electron chi connectivity index (χ1n) is 6.61. The van der Waals surface area contributed by atoms with Crippen LogP contribution in [0.15, 0.2) is 57.4 Å². The Kier molecular flexibility index (Phi) is 4.68. The van der Waals surface area contributed by atoms with Crippen LogP contribution in [0.25, 0.3) is 11.3 Å². The van der Waals surface area contributed by atoms with E-state index in [4.69, 9.17) is 0 Å². The first kappa shape index (κ1) is 15.6. The lowest BCUT2D eigenvalue weighted by Gasteiger charge is -1.98. The summed E-state index contributed by atoms with van der Waals surface area (Å²) in [6.07, 6.45) is 1.63. The summed E-state index contributed by atoms with van der Waals surface area (Å²) in [4.78, 5) is 4.39. The Labute approximate surface area is 144 Å². The van der Waals surface area contributed by atoms with Crippen LogP contribution in [0.2, 0.25) is 0 Å². The number of anilines is 1. The summed E-state index contributed by atoms with van der Waals surface area (Å²) in [5, 5.41) is 16.1. The van der Waals surface area contributed by atoms with Gasteiger partial charge in [0.05, 0.1) is 16.4 Å². The molecular weight excluding hydrogens is 381 g/mol. The van der Waals surface area contributed by atoms with Gasteiger partial charge in [0.25, 0.3) is 0 Å². The van der Waals surface area contributed by atoms with Gasteiger partial charge in [0, 0.05) is 10.9 Å². The predicted octanol–water partition coefficient (Wildman–Crippen LogP) is 4.86. The quantitative estimate of drug-likeness (QED) is 0.492. The molecule has 3 aromatic rings. The molecule has 0 aliphatic heterocycles. The first-order valence-corrected chi connectivity index (χ1v) is 8.28. The monoisotopic (exact) mass is 391 g/mol. The average Bonchev–Trinajstić information content (AvgIpc) is 3.00. The number of benzene rings is 2. The van der Waals surface area contributed by atoms with Crippen LogP contribution in [0.5, 0.6) is 5.75 Å². The second-order valence-corrected chi connectivity index (χ2v) is 6.34. The number of halogens is 2. The van der Waals surface area contributed by atoms with E-state index in [-0.39, 0.29) is 11.6 Å². The molecule has 0 radical (unpaired) electrons. The Morgan fingerprint density at radius 3 is 2.74 bits per heavy atom. The molecule has 0 unspecified atom stereocenters. The third-order valence-electron chi connectivity index (χ3n) is 2.99. The highest BCUT2D eigenvalue weighted by atomic mass is 79.9. The number of aromatic hydroxyl groups is 1. The number of rotatable bonds is 4. The Morgan fingerprint density at radius 1 is 1.22 bits per heavy atom. The van der Waals surface area contributed by atoms with Crippen LogP contribution in [0.4, 0.5) is 9.52 Å². The van der Waals surface area contributed by atoms with Gasteiger partial charge in [-0.1, -0.05) is 0 Å². The molecule has 4 nitrogen and oxygen atoms in total. The lowest BCUT2D eigenvalue weighted by molar-refractivity contribution is 0.472. The van der Waals surface area contributed by atoms with Crippen molar-refractivity contribution in [2.75, 3.05) is 5.43 Å². The number of hydrogen-bond donors (Lipinski definition) is 2. The Hall–Kier alpha value is -2.25. The molecule has 0 fully saturated rings. The molecule has 3 rings (SSSR count). The normalized spacial score (nSPS) is 11.0. The van der Waals surface area contributed by atoms with Gasteiger partial charge in [-0.2, -0.15) is 5.10 Å². The molecule has 0 atom stereocenters. The minimum absolute atomic E-state index is 0.180. The molecule has 23 heavy (non-hydrogen) atoms. The number of hydrazone groups is 1. The van der Waals surface area contributed by atoms with Crippen molar-refractivity contribution >= 4 is 38.6 Å². The molecule has 0 aliphatic carbocycles. The summed E-state index contributed by atoms with van der Waals surface area (Å²) in [6, 6.07) is 11.3. The second-order valence-electron chi connectivity index (χ2n) is 4.63. The van der Waals surface area contributed by atoms with E-state index in [9.17, 15) is 9.50 Å². The van der Waals surface area contributed by atoms with E-state index in [1.807, 2.05) is 5.38 Å². The molecular formula is C16H11BrFN3OS. The molecule has 0 amide bonds. The third kappa shape index (κ3) is 3.94. The minimum Gasteiger partial charge on any atom is -0.507 e. The molecule has 2 N–H and O–H groups in total. The van der Waals surface area contributed by atoms with Crippen LogP contribution in [0, 0.1) is 5.82 Å². The highest BCUT2D eigenvalue weighted by Crippen LogP contribution is 2.25. The Morgan fingerprint density at radius 2 is 2.00 bits per heavy atom. The van der Waals surface area contributed by atoms with Gasteiger partial charge in [-0.05, 0) is 64.0 Å². The summed E-state index contributed by atoms with van der Waals surface area (Å²) in [5.41, 5.74) is 5.30. The third-order valence-corrected chi connectivity index (χ3v) is 4.37. The zero-order valence-electron chi connectivity index (χ0n) is 11.7. The van der Waals surface area contributed by atoms with E-state index in [1.165, 1.54) is 23.5 Å². The minimum atomic E-state index is -0.271. The Balaban J connectivity index is 1.68. The number of phenols is 1. The summed E-state index contributed by atoms with van der Waals surface area (Å²) in [7, 11) is 0. The van der Waals surface area contributed by atoms with Gasteiger partial charge in [-0.25, -0.2) is 9.37 Å². The molecule has 0 saturated carbocycles. The largest absolute Gasteiger partial charge is 0.507 e. The first-order chi connectivity index (χ1) is 11.1. The second kappa shape index (κ2) is 6.89. The fraction of sp³-hybridized carbons (Fsp3) is 0. The topological polar surface area (TPSA) is 57.5 Å². The summed E-state index contributed by atoms with van der Waals surface area (Å²) in [5.74, 6) is -0.0917. The van der Waals surface area contributed by atoms with E-state index < -0.39 is 0 Å². The summed E-state index contributed by atoms with van der Waals surface area (Å²) >= 11 is 4.66. The van der Waals surface area contributed by atoms with Crippen molar-refractivity contribution in [3.63, 3.8) is 0 Å². The average molecular weight is 392 g/mol. The van der Waals surface area contributed by atoms with Crippen LogP contribution >= 0.6 is 27.3 Å². The highest BCUT2D eigenvalue weighted by molar-refractivity contribution is 9.10. The molecule has 7 heteroatoms. The van der Waals surface area contributed by atoms with Crippen molar-refractivity contribution < 1.29 is 9.50 Å². The number of aromatic nitrogens is 1. The van der Waals surface area contributed by atoms with Crippen molar-refractivity contribution in [1.82, 2.24) is 4.98 Å². The molecule has 0 spiro atoms. The van der Waals surface area contributed by atoms with Crippen molar-refractivity contribution in [3.05, 3.63) is 63.7 Å². The molecule has 0 aliphatic rings. The Bertz CT molecular complexity index is 849. The van der Waals surface area contributed by atoms with Gasteiger partial charge < -0.3 is 5.11 Å². The fourth-order valence-electron chi connectivity index (χ4n) is 1.84.